The SMILES string of the molecule is CCCc1nsc(NCCN(C)CCOC)n1. The van der Waals surface area contributed by atoms with E-state index < -0.39 is 0 Å². The van der Waals surface area contributed by atoms with Gasteiger partial charge >= 0.3 is 0 Å². The highest BCUT2D eigenvalue weighted by Gasteiger charge is 2.03. The standard InChI is InChI=1S/C11H22N4OS/c1-4-5-10-13-11(17-14-10)12-6-7-15(2)8-9-16-3/h4-9H2,1-3H3,(H,12,13,14). The number of nitrogens with zero attached hydrogens (tertiary/aromatic N) is 3. The number of hydrogen-bond acceptors (Lipinski definition) is 6. The van der Waals surface area contributed by atoms with Crippen molar-refractivity contribution < 1.29 is 4.74 Å². The van der Waals surface area contributed by atoms with Gasteiger partial charge in [-0.25, -0.2) is 4.98 Å². The summed E-state index contributed by atoms with van der Waals surface area (Å²) >= 11 is 1.44. The zero-order valence-electron chi connectivity index (χ0n) is 10.9. The van der Waals surface area contributed by atoms with E-state index in [1.165, 1.54) is 11.5 Å². The second-order valence-corrected chi connectivity index (χ2v) is 4.74. The average molecular weight is 258 g/mol. The molecule has 0 aliphatic rings. The number of ether oxygens (including phenoxy) is 1. The third kappa shape index (κ3) is 5.95. The number of aromatic nitrogens is 2. The molecule has 1 aromatic rings. The molecule has 1 N–H and O–H groups in total. The highest BCUT2D eigenvalue weighted by Crippen LogP contribution is 2.11. The van der Waals surface area contributed by atoms with Crippen molar-refractivity contribution in [3.63, 3.8) is 0 Å². The second kappa shape index (κ2) is 8.38. The molecule has 0 aliphatic carbocycles. The van der Waals surface area contributed by atoms with Crippen LogP contribution in [0.4, 0.5) is 5.13 Å². The molecule has 5 nitrogen and oxygen atoms in total. The van der Waals surface area contributed by atoms with Gasteiger partial charge in [0.15, 0.2) is 0 Å². The van der Waals surface area contributed by atoms with Crippen molar-refractivity contribution in [3.8, 4) is 0 Å². The van der Waals surface area contributed by atoms with Crippen LogP contribution in [0.1, 0.15) is 19.2 Å². The number of nitrogens with one attached hydrogen (secondary N) is 1. The molecule has 98 valence electrons. The molecule has 0 amide bonds. The molecule has 0 saturated carbocycles. The highest BCUT2D eigenvalue weighted by atomic mass is 32.1. The third-order valence-corrected chi connectivity index (χ3v) is 3.10. The topological polar surface area (TPSA) is 50.3 Å². The number of rotatable bonds is 9. The largest absolute Gasteiger partial charge is 0.383 e. The first-order valence-electron chi connectivity index (χ1n) is 6.00. The van der Waals surface area contributed by atoms with Gasteiger partial charge in [0.1, 0.15) is 5.82 Å². The number of anilines is 1. The molecule has 17 heavy (non-hydrogen) atoms. The molecule has 1 heterocycles. The summed E-state index contributed by atoms with van der Waals surface area (Å²) < 4.78 is 9.31. The van der Waals surface area contributed by atoms with Gasteiger partial charge in [0.25, 0.3) is 0 Å². The van der Waals surface area contributed by atoms with Crippen LogP contribution in [0.5, 0.6) is 0 Å². The van der Waals surface area contributed by atoms with E-state index in [0.717, 1.165) is 50.0 Å². The maximum Gasteiger partial charge on any atom is 0.202 e. The van der Waals surface area contributed by atoms with E-state index in [0.29, 0.717) is 0 Å². The molecule has 0 unspecified atom stereocenters. The maximum absolute atomic E-state index is 5.02. The summed E-state index contributed by atoms with van der Waals surface area (Å²) in [4.78, 5) is 6.64. The Morgan fingerprint density at radius 3 is 2.94 bits per heavy atom. The Kier molecular flexibility index (Phi) is 7.07. The number of likely N-dealkylation sites (N-methyl/N-ethyl adjacent to an activating group) is 1. The Hall–Kier alpha value is -0.720. The van der Waals surface area contributed by atoms with Crippen molar-refractivity contribution in [3.05, 3.63) is 5.82 Å². The van der Waals surface area contributed by atoms with Crippen molar-refractivity contribution in [1.82, 2.24) is 14.3 Å². The third-order valence-electron chi connectivity index (χ3n) is 2.39. The molecular weight excluding hydrogens is 236 g/mol. The van der Waals surface area contributed by atoms with Crippen LogP contribution in [0, 0.1) is 0 Å². The van der Waals surface area contributed by atoms with E-state index in [2.05, 4.69) is 33.5 Å². The van der Waals surface area contributed by atoms with Gasteiger partial charge < -0.3 is 15.0 Å². The van der Waals surface area contributed by atoms with Gasteiger partial charge in [-0.3, -0.25) is 0 Å². The van der Waals surface area contributed by atoms with Crippen molar-refractivity contribution in [2.45, 2.75) is 19.8 Å². The van der Waals surface area contributed by atoms with E-state index >= 15 is 0 Å². The van der Waals surface area contributed by atoms with Gasteiger partial charge in [-0.05, 0) is 13.5 Å². The average Bonchev–Trinajstić information content (AvgIpc) is 2.75. The minimum absolute atomic E-state index is 0.774. The van der Waals surface area contributed by atoms with Gasteiger partial charge in [0.05, 0.1) is 6.61 Å². The van der Waals surface area contributed by atoms with Gasteiger partial charge in [-0.1, -0.05) is 6.92 Å². The lowest BCUT2D eigenvalue weighted by Gasteiger charge is -2.15. The van der Waals surface area contributed by atoms with E-state index in [1.54, 1.807) is 7.11 Å². The highest BCUT2D eigenvalue weighted by molar-refractivity contribution is 7.09. The lowest BCUT2D eigenvalue weighted by Crippen LogP contribution is -2.28. The first kappa shape index (κ1) is 14.3. The fraction of sp³-hybridized carbons (Fsp3) is 0.818. The van der Waals surface area contributed by atoms with Crippen molar-refractivity contribution in [2.75, 3.05) is 45.7 Å². The maximum atomic E-state index is 5.02. The Balaban J connectivity index is 2.16. The second-order valence-electron chi connectivity index (χ2n) is 3.99. The zero-order chi connectivity index (χ0) is 12.5. The van der Waals surface area contributed by atoms with Crippen LogP contribution in [-0.2, 0) is 11.2 Å². The first-order chi connectivity index (χ1) is 8.26. The molecule has 0 fully saturated rings. The fourth-order valence-corrected chi connectivity index (χ4v) is 2.00. The summed E-state index contributed by atoms with van der Waals surface area (Å²) in [7, 11) is 3.81. The Morgan fingerprint density at radius 1 is 1.41 bits per heavy atom. The fourth-order valence-electron chi connectivity index (χ4n) is 1.36. The predicted molar refractivity (Wildman–Crippen MR) is 71.8 cm³/mol. The molecule has 0 aliphatic heterocycles. The molecule has 6 heteroatoms. The number of aryl methyl sites for hydroxylation is 1. The van der Waals surface area contributed by atoms with E-state index in [1.807, 2.05) is 0 Å². The summed E-state index contributed by atoms with van der Waals surface area (Å²) in [5.74, 6) is 0.952. The minimum Gasteiger partial charge on any atom is -0.383 e. The number of methoxy groups -OCH3 is 1. The quantitative estimate of drug-likeness (QED) is 0.727. The van der Waals surface area contributed by atoms with Crippen LogP contribution in [0.15, 0.2) is 0 Å². The molecule has 1 rings (SSSR count). The summed E-state index contributed by atoms with van der Waals surface area (Å²) in [6.45, 7) is 5.73. The lowest BCUT2D eigenvalue weighted by molar-refractivity contribution is 0.163. The molecule has 0 atom stereocenters. The Labute approximate surface area is 107 Å². The molecule has 0 aromatic carbocycles. The Morgan fingerprint density at radius 2 is 2.24 bits per heavy atom. The summed E-state index contributed by atoms with van der Waals surface area (Å²) in [5.41, 5.74) is 0. The van der Waals surface area contributed by atoms with Crippen molar-refractivity contribution in [1.29, 1.82) is 0 Å². The zero-order valence-corrected chi connectivity index (χ0v) is 11.7. The molecule has 0 radical (unpaired) electrons. The smallest absolute Gasteiger partial charge is 0.202 e. The molecule has 0 saturated heterocycles. The van der Waals surface area contributed by atoms with Crippen LogP contribution >= 0.6 is 11.5 Å². The van der Waals surface area contributed by atoms with Crippen LogP contribution < -0.4 is 5.32 Å². The lowest BCUT2D eigenvalue weighted by atomic mass is 10.3. The molecular formula is C11H22N4OS. The van der Waals surface area contributed by atoms with Crippen LogP contribution in [0.25, 0.3) is 0 Å². The van der Waals surface area contributed by atoms with Crippen LogP contribution in [0.2, 0.25) is 0 Å². The van der Waals surface area contributed by atoms with Gasteiger partial charge in [0, 0.05) is 44.7 Å². The van der Waals surface area contributed by atoms with E-state index in [4.69, 9.17) is 4.74 Å². The predicted octanol–water partition coefficient (Wildman–Crippen LogP) is 1.48. The van der Waals surface area contributed by atoms with Crippen LogP contribution in [-0.4, -0.2) is 54.7 Å². The summed E-state index contributed by atoms with van der Waals surface area (Å²) in [5, 5.41) is 4.22. The summed E-state index contributed by atoms with van der Waals surface area (Å²) in [6, 6.07) is 0. The normalized spacial score (nSPS) is 11.1. The van der Waals surface area contributed by atoms with Gasteiger partial charge in [-0.2, -0.15) is 4.37 Å². The molecule has 1 aromatic heterocycles. The van der Waals surface area contributed by atoms with E-state index in [9.17, 15) is 0 Å². The Bertz CT molecular complexity index is 305. The molecule has 0 bridgehead atoms. The van der Waals surface area contributed by atoms with E-state index in [-0.39, 0.29) is 0 Å². The van der Waals surface area contributed by atoms with Crippen LogP contribution in [0.3, 0.4) is 0 Å². The first-order valence-corrected chi connectivity index (χ1v) is 6.77. The minimum atomic E-state index is 0.774. The summed E-state index contributed by atoms with van der Waals surface area (Å²) in [6.07, 6.45) is 2.06. The monoisotopic (exact) mass is 258 g/mol. The van der Waals surface area contributed by atoms with Gasteiger partial charge in [-0.15, -0.1) is 0 Å². The number of hydrogen-bond donors (Lipinski definition) is 1. The molecule has 0 spiro atoms. The van der Waals surface area contributed by atoms with Crippen molar-refractivity contribution >= 4 is 16.7 Å². The van der Waals surface area contributed by atoms with Gasteiger partial charge in [0.2, 0.25) is 5.13 Å². The van der Waals surface area contributed by atoms with Crippen molar-refractivity contribution in [2.24, 2.45) is 0 Å².